The normalized spacial score (nSPS) is 11.6. The zero-order valence-electron chi connectivity index (χ0n) is 11.9. The molecule has 3 aromatic rings. The lowest BCUT2D eigenvalue weighted by Crippen LogP contribution is -2.19. The third-order valence-electron chi connectivity index (χ3n) is 3.40. The molecule has 2 aromatic carbocycles. The molecular weight excluding hydrogens is 298 g/mol. The third-order valence-corrected chi connectivity index (χ3v) is 3.66. The molecule has 0 aliphatic heterocycles. The number of rotatable bonds is 3. The number of H-pyrrole nitrogens is 1. The number of benzene rings is 2. The number of aromatic amines is 1. The van der Waals surface area contributed by atoms with E-state index in [-0.39, 0.29) is 5.91 Å². The molecule has 0 saturated carbocycles. The molecule has 0 aliphatic carbocycles. The first kappa shape index (κ1) is 14.4. The molecule has 0 unspecified atom stereocenters. The van der Waals surface area contributed by atoms with Crippen molar-refractivity contribution in [3.63, 3.8) is 0 Å². The van der Waals surface area contributed by atoms with Gasteiger partial charge in [0.1, 0.15) is 0 Å². The number of hydrazone groups is 1. The monoisotopic (exact) mass is 311 g/mol. The molecule has 22 heavy (non-hydrogen) atoms. The third kappa shape index (κ3) is 3.02. The van der Waals surface area contributed by atoms with E-state index in [4.69, 9.17) is 11.6 Å². The molecule has 0 radical (unpaired) electrons. The van der Waals surface area contributed by atoms with Crippen LogP contribution in [0.5, 0.6) is 0 Å². The van der Waals surface area contributed by atoms with Crippen molar-refractivity contribution in [1.29, 1.82) is 0 Å². The number of aromatic nitrogens is 1. The van der Waals surface area contributed by atoms with Crippen LogP contribution in [0.3, 0.4) is 0 Å². The van der Waals surface area contributed by atoms with E-state index in [0.29, 0.717) is 10.6 Å². The summed E-state index contributed by atoms with van der Waals surface area (Å²) in [6.07, 6.45) is 1.89. The molecule has 3 rings (SSSR count). The maximum atomic E-state index is 12.0. The van der Waals surface area contributed by atoms with Crippen molar-refractivity contribution in [3.8, 4) is 0 Å². The number of nitrogens with one attached hydrogen (secondary N) is 2. The highest BCUT2D eigenvalue weighted by atomic mass is 35.5. The van der Waals surface area contributed by atoms with Crippen molar-refractivity contribution in [3.05, 3.63) is 70.9 Å². The Balaban J connectivity index is 1.76. The standard InChI is InChI=1S/C17H14ClN3O/c1-11(14-3-2-12-8-9-19-16(12)10-14)20-21-17(22)13-4-6-15(18)7-5-13/h2-10,19H,1H3,(H,21,22)/b20-11-. The summed E-state index contributed by atoms with van der Waals surface area (Å²) in [4.78, 5) is 15.2. The molecule has 4 nitrogen and oxygen atoms in total. The number of fused-ring (bicyclic) bond motifs is 1. The smallest absolute Gasteiger partial charge is 0.271 e. The maximum Gasteiger partial charge on any atom is 0.271 e. The van der Waals surface area contributed by atoms with Gasteiger partial charge in [0.15, 0.2) is 0 Å². The SMILES string of the molecule is C/C(=N/NC(=O)c1ccc(Cl)cc1)c1ccc2cc[nH]c2c1. The Hall–Kier alpha value is -2.59. The molecule has 1 heterocycles. The minimum atomic E-state index is -0.267. The summed E-state index contributed by atoms with van der Waals surface area (Å²) in [5.41, 5.74) is 5.79. The molecule has 2 N–H and O–H groups in total. The van der Waals surface area contributed by atoms with Crippen LogP contribution in [0.2, 0.25) is 5.02 Å². The Kier molecular flexibility index (Phi) is 3.94. The van der Waals surface area contributed by atoms with E-state index in [1.165, 1.54) is 0 Å². The van der Waals surface area contributed by atoms with Gasteiger partial charge < -0.3 is 4.98 Å². The molecule has 0 spiro atoms. The number of amides is 1. The Morgan fingerprint density at radius 1 is 1.09 bits per heavy atom. The van der Waals surface area contributed by atoms with E-state index in [2.05, 4.69) is 15.5 Å². The van der Waals surface area contributed by atoms with E-state index in [1.807, 2.05) is 37.4 Å². The Morgan fingerprint density at radius 3 is 2.59 bits per heavy atom. The number of carbonyl (C=O) groups is 1. The number of nitrogens with zero attached hydrogens (tertiary/aromatic N) is 1. The largest absolute Gasteiger partial charge is 0.361 e. The van der Waals surface area contributed by atoms with Gasteiger partial charge >= 0.3 is 0 Å². The Bertz CT molecular complexity index is 850. The van der Waals surface area contributed by atoms with Crippen molar-refractivity contribution in [2.75, 3.05) is 0 Å². The predicted molar refractivity (Wildman–Crippen MR) is 89.4 cm³/mol. The van der Waals surface area contributed by atoms with Crippen LogP contribution in [-0.2, 0) is 0 Å². The van der Waals surface area contributed by atoms with Crippen LogP contribution in [0.25, 0.3) is 10.9 Å². The first-order valence-corrected chi connectivity index (χ1v) is 7.19. The summed E-state index contributed by atoms with van der Waals surface area (Å²) in [6, 6.07) is 14.7. The van der Waals surface area contributed by atoms with Crippen molar-refractivity contribution >= 4 is 34.1 Å². The van der Waals surface area contributed by atoms with E-state index in [1.54, 1.807) is 24.3 Å². The van der Waals surface area contributed by atoms with Crippen LogP contribution in [0.15, 0.2) is 59.8 Å². The van der Waals surface area contributed by atoms with Crippen LogP contribution in [0, 0.1) is 0 Å². The summed E-state index contributed by atoms with van der Waals surface area (Å²) >= 11 is 5.80. The summed E-state index contributed by atoms with van der Waals surface area (Å²) in [6.45, 7) is 1.85. The van der Waals surface area contributed by atoms with Crippen LogP contribution in [-0.4, -0.2) is 16.6 Å². The number of halogens is 1. The molecule has 0 aliphatic rings. The van der Waals surface area contributed by atoms with Gasteiger partial charge in [-0.1, -0.05) is 23.7 Å². The van der Waals surface area contributed by atoms with Crippen molar-refractivity contribution in [2.24, 2.45) is 5.10 Å². The summed E-state index contributed by atoms with van der Waals surface area (Å²) in [5, 5.41) is 5.89. The lowest BCUT2D eigenvalue weighted by molar-refractivity contribution is 0.0955. The van der Waals surface area contributed by atoms with Crippen molar-refractivity contribution < 1.29 is 4.79 Å². The van der Waals surface area contributed by atoms with Crippen LogP contribution in [0.1, 0.15) is 22.8 Å². The van der Waals surface area contributed by atoms with Gasteiger partial charge in [0.2, 0.25) is 0 Å². The van der Waals surface area contributed by atoms with Gasteiger partial charge in [0.05, 0.1) is 5.71 Å². The van der Waals surface area contributed by atoms with Gasteiger partial charge in [0.25, 0.3) is 5.91 Å². The average molecular weight is 312 g/mol. The molecule has 110 valence electrons. The molecular formula is C17H14ClN3O. The first-order valence-electron chi connectivity index (χ1n) is 6.81. The van der Waals surface area contributed by atoms with Gasteiger partial charge in [-0.25, -0.2) is 5.43 Å². The molecule has 1 amide bonds. The Morgan fingerprint density at radius 2 is 1.82 bits per heavy atom. The number of carbonyl (C=O) groups excluding carboxylic acids is 1. The van der Waals surface area contributed by atoms with E-state index in [9.17, 15) is 4.79 Å². The zero-order valence-corrected chi connectivity index (χ0v) is 12.7. The molecule has 1 aromatic heterocycles. The fourth-order valence-corrected chi connectivity index (χ4v) is 2.26. The van der Waals surface area contributed by atoms with Gasteiger partial charge in [-0.2, -0.15) is 5.10 Å². The lowest BCUT2D eigenvalue weighted by Gasteiger charge is -2.04. The van der Waals surface area contributed by atoms with Crippen LogP contribution < -0.4 is 5.43 Å². The minimum Gasteiger partial charge on any atom is -0.361 e. The van der Waals surface area contributed by atoms with Crippen LogP contribution in [0.4, 0.5) is 0 Å². The topological polar surface area (TPSA) is 57.2 Å². The summed E-state index contributed by atoms with van der Waals surface area (Å²) < 4.78 is 0. The molecule has 5 heteroatoms. The number of hydrogen-bond donors (Lipinski definition) is 2. The number of hydrogen-bond acceptors (Lipinski definition) is 2. The second-order valence-electron chi connectivity index (χ2n) is 4.92. The second kappa shape index (κ2) is 6.03. The molecule has 0 atom stereocenters. The second-order valence-corrected chi connectivity index (χ2v) is 5.36. The summed E-state index contributed by atoms with van der Waals surface area (Å²) in [7, 11) is 0. The molecule has 0 saturated heterocycles. The highest BCUT2D eigenvalue weighted by molar-refractivity contribution is 6.30. The van der Waals surface area contributed by atoms with Gasteiger partial charge in [-0.05, 0) is 54.3 Å². The fraction of sp³-hybridized carbons (Fsp3) is 0.0588. The molecule has 0 bridgehead atoms. The van der Waals surface area contributed by atoms with Crippen LogP contribution >= 0.6 is 11.6 Å². The fourth-order valence-electron chi connectivity index (χ4n) is 2.14. The summed E-state index contributed by atoms with van der Waals surface area (Å²) in [5.74, 6) is -0.267. The highest BCUT2D eigenvalue weighted by Gasteiger charge is 2.05. The van der Waals surface area contributed by atoms with E-state index < -0.39 is 0 Å². The van der Waals surface area contributed by atoms with E-state index >= 15 is 0 Å². The highest BCUT2D eigenvalue weighted by Crippen LogP contribution is 2.15. The molecule has 0 fully saturated rings. The Labute approximate surface area is 132 Å². The first-order chi connectivity index (χ1) is 10.6. The van der Waals surface area contributed by atoms with Crippen molar-refractivity contribution in [2.45, 2.75) is 6.92 Å². The van der Waals surface area contributed by atoms with Gasteiger partial charge in [-0.3, -0.25) is 4.79 Å². The average Bonchev–Trinajstić information content (AvgIpc) is 3.00. The lowest BCUT2D eigenvalue weighted by atomic mass is 10.1. The van der Waals surface area contributed by atoms with Crippen molar-refractivity contribution in [1.82, 2.24) is 10.4 Å². The predicted octanol–water partition coefficient (Wildman–Crippen LogP) is 3.98. The van der Waals surface area contributed by atoms with E-state index in [0.717, 1.165) is 22.2 Å². The zero-order chi connectivity index (χ0) is 15.5. The van der Waals surface area contributed by atoms with Gasteiger partial charge in [0, 0.05) is 22.3 Å². The quantitative estimate of drug-likeness (QED) is 0.558. The minimum absolute atomic E-state index is 0.267. The van der Waals surface area contributed by atoms with Gasteiger partial charge in [-0.15, -0.1) is 0 Å². The maximum absolute atomic E-state index is 12.0.